The third kappa shape index (κ3) is 5.19. The Hall–Kier alpha value is -0.680. The molecule has 0 aromatic rings. The number of hydrogen-bond donors (Lipinski definition) is 4. The maximum atomic E-state index is 6.36. The first-order chi connectivity index (χ1) is 4.31. The average molecular weight is 131 g/mol. The maximum Gasteiger partial charge on any atom is 0.0498 e. The summed E-state index contributed by atoms with van der Waals surface area (Å²) < 4.78 is 0. The summed E-state index contributed by atoms with van der Waals surface area (Å²) in [7, 11) is 0. The molecule has 0 aromatic carbocycles. The molecule has 0 amide bonds. The first-order valence-corrected chi connectivity index (χ1v) is 2.86. The Labute approximate surface area is 54.3 Å². The standard InChI is InChI=1S/C4H13N5/c5-2-1-4(6)3-8-9-7/h4H,1-3,5-6H2,(H2,7,8). The lowest BCUT2D eigenvalue weighted by molar-refractivity contribution is 0.544. The minimum absolute atomic E-state index is 0.0177. The first-order valence-electron chi connectivity index (χ1n) is 2.86. The number of hydrogen-bond acceptors (Lipinski definition) is 4. The normalized spacial score (nSPS) is 12.7. The molecule has 0 radical (unpaired) electrons. The Kier molecular flexibility index (Phi) is 5.04. The van der Waals surface area contributed by atoms with Crippen LogP contribution in [0.2, 0.25) is 0 Å². The summed E-state index contributed by atoms with van der Waals surface area (Å²) in [6.45, 7) is 1.11. The smallest absolute Gasteiger partial charge is 0.0498 e. The van der Waals surface area contributed by atoms with Crippen molar-refractivity contribution in [3.63, 3.8) is 0 Å². The highest BCUT2D eigenvalue weighted by Gasteiger charge is 1.97. The summed E-state index contributed by atoms with van der Waals surface area (Å²) in [5, 5.41) is 2.94. The van der Waals surface area contributed by atoms with Crippen LogP contribution in [0.1, 0.15) is 6.42 Å². The van der Waals surface area contributed by atoms with Crippen molar-refractivity contribution in [2.24, 2.45) is 16.7 Å². The van der Waals surface area contributed by atoms with Crippen molar-refractivity contribution in [1.29, 1.82) is 5.53 Å². The van der Waals surface area contributed by atoms with Crippen LogP contribution in [0.15, 0.2) is 5.22 Å². The van der Waals surface area contributed by atoms with Gasteiger partial charge < -0.3 is 11.5 Å². The lowest BCUT2D eigenvalue weighted by Crippen LogP contribution is -2.33. The van der Waals surface area contributed by atoms with Gasteiger partial charge in [-0.3, -0.25) is 5.43 Å². The van der Waals surface area contributed by atoms with Crippen LogP contribution in [0.4, 0.5) is 0 Å². The van der Waals surface area contributed by atoms with Crippen LogP contribution in [-0.2, 0) is 0 Å². The molecule has 0 saturated carbocycles. The van der Waals surface area contributed by atoms with E-state index < -0.39 is 0 Å². The molecule has 54 valence electrons. The molecule has 1 unspecified atom stereocenters. The summed E-state index contributed by atoms with van der Waals surface area (Å²) in [6, 6.07) is 0.0177. The molecule has 9 heavy (non-hydrogen) atoms. The summed E-state index contributed by atoms with van der Waals surface area (Å²) in [5.74, 6) is 0. The van der Waals surface area contributed by atoms with Crippen LogP contribution in [0.5, 0.6) is 0 Å². The second-order valence-electron chi connectivity index (χ2n) is 1.81. The van der Waals surface area contributed by atoms with E-state index in [0.717, 1.165) is 6.42 Å². The monoisotopic (exact) mass is 131 g/mol. The van der Waals surface area contributed by atoms with Crippen molar-refractivity contribution in [1.82, 2.24) is 5.43 Å². The molecule has 0 aliphatic heterocycles. The molecule has 6 N–H and O–H groups in total. The topological polar surface area (TPSA) is 100 Å². The predicted octanol–water partition coefficient (Wildman–Crippen LogP) is -0.802. The zero-order valence-corrected chi connectivity index (χ0v) is 5.30. The van der Waals surface area contributed by atoms with E-state index in [4.69, 9.17) is 17.0 Å². The van der Waals surface area contributed by atoms with Crippen LogP contribution < -0.4 is 16.9 Å². The highest BCUT2D eigenvalue weighted by molar-refractivity contribution is 4.61. The van der Waals surface area contributed by atoms with Gasteiger partial charge in [0.05, 0.1) is 0 Å². The second-order valence-corrected chi connectivity index (χ2v) is 1.81. The largest absolute Gasteiger partial charge is 0.330 e. The molecular formula is C4H13N5. The minimum Gasteiger partial charge on any atom is -0.330 e. The molecule has 0 aliphatic carbocycles. The summed E-state index contributed by atoms with van der Waals surface area (Å²) in [4.78, 5) is 0. The van der Waals surface area contributed by atoms with Crippen LogP contribution in [0.25, 0.3) is 0 Å². The van der Waals surface area contributed by atoms with Crippen LogP contribution in [0, 0.1) is 5.53 Å². The molecule has 0 heterocycles. The van der Waals surface area contributed by atoms with Gasteiger partial charge >= 0.3 is 0 Å². The summed E-state index contributed by atoms with van der Waals surface area (Å²) in [5.41, 5.74) is 19.5. The van der Waals surface area contributed by atoms with Crippen molar-refractivity contribution in [2.45, 2.75) is 12.5 Å². The highest BCUT2D eigenvalue weighted by atomic mass is 15.4. The van der Waals surface area contributed by atoms with E-state index in [-0.39, 0.29) is 6.04 Å². The fourth-order valence-electron chi connectivity index (χ4n) is 0.479. The Bertz CT molecular complexity index is 73.4. The van der Waals surface area contributed by atoms with Gasteiger partial charge in [-0.25, -0.2) is 0 Å². The van der Waals surface area contributed by atoms with E-state index in [9.17, 15) is 0 Å². The third-order valence-corrected chi connectivity index (χ3v) is 0.970. The predicted molar refractivity (Wildman–Crippen MR) is 34.8 cm³/mol. The molecule has 0 bridgehead atoms. The fourth-order valence-corrected chi connectivity index (χ4v) is 0.479. The van der Waals surface area contributed by atoms with Gasteiger partial charge in [-0.2, -0.15) is 5.53 Å². The number of rotatable bonds is 5. The molecule has 0 rings (SSSR count). The molecule has 5 nitrogen and oxygen atoms in total. The first kappa shape index (κ1) is 8.32. The van der Waals surface area contributed by atoms with Gasteiger partial charge in [0, 0.05) is 12.6 Å². The Morgan fingerprint density at radius 2 is 2.33 bits per heavy atom. The molecule has 0 aromatic heterocycles. The zero-order chi connectivity index (χ0) is 7.11. The number of nitrogens with zero attached hydrogens (tertiary/aromatic N) is 1. The van der Waals surface area contributed by atoms with Crippen LogP contribution in [-0.4, -0.2) is 19.1 Å². The molecule has 0 saturated heterocycles. The van der Waals surface area contributed by atoms with Crippen molar-refractivity contribution in [3.05, 3.63) is 0 Å². The van der Waals surface area contributed by atoms with Gasteiger partial charge in [0.25, 0.3) is 0 Å². The van der Waals surface area contributed by atoms with Crippen LogP contribution in [0.3, 0.4) is 0 Å². The van der Waals surface area contributed by atoms with E-state index in [0.29, 0.717) is 13.1 Å². The van der Waals surface area contributed by atoms with Gasteiger partial charge in [-0.05, 0) is 13.0 Å². The quantitative estimate of drug-likeness (QED) is 0.290. The molecule has 0 fully saturated rings. The van der Waals surface area contributed by atoms with Crippen molar-refractivity contribution in [2.75, 3.05) is 13.1 Å². The van der Waals surface area contributed by atoms with Crippen molar-refractivity contribution >= 4 is 0 Å². The van der Waals surface area contributed by atoms with E-state index in [2.05, 4.69) is 10.6 Å². The Morgan fingerprint density at radius 1 is 1.67 bits per heavy atom. The van der Waals surface area contributed by atoms with E-state index >= 15 is 0 Å². The molecule has 0 spiro atoms. The van der Waals surface area contributed by atoms with Gasteiger partial charge in [-0.15, -0.1) is 0 Å². The van der Waals surface area contributed by atoms with Crippen LogP contribution >= 0.6 is 0 Å². The lowest BCUT2D eigenvalue weighted by Gasteiger charge is -2.06. The Morgan fingerprint density at radius 3 is 2.78 bits per heavy atom. The summed E-state index contributed by atoms with van der Waals surface area (Å²) >= 11 is 0. The van der Waals surface area contributed by atoms with E-state index in [1.54, 1.807) is 0 Å². The van der Waals surface area contributed by atoms with Crippen molar-refractivity contribution in [3.8, 4) is 0 Å². The molecule has 1 atom stereocenters. The van der Waals surface area contributed by atoms with E-state index in [1.807, 2.05) is 0 Å². The number of nitrogens with one attached hydrogen (secondary N) is 2. The second kappa shape index (κ2) is 5.46. The van der Waals surface area contributed by atoms with Gasteiger partial charge in [0.1, 0.15) is 0 Å². The van der Waals surface area contributed by atoms with Gasteiger partial charge in [0.2, 0.25) is 0 Å². The van der Waals surface area contributed by atoms with Crippen molar-refractivity contribution < 1.29 is 0 Å². The average Bonchev–Trinajstić information content (AvgIpc) is 1.85. The number of nitrogens with two attached hydrogens (primary N) is 2. The summed E-state index contributed by atoms with van der Waals surface area (Å²) in [6.07, 6.45) is 0.766. The Balaban J connectivity index is 3.04. The fraction of sp³-hybridized carbons (Fsp3) is 1.00. The lowest BCUT2D eigenvalue weighted by atomic mass is 10.2. The maximum absolute atomic E-state index is 6.36. The van der Waals surface area contributed by atoms with Gasteiger partial charge in [-0.1, -0.05) is 5.22 Å². The molecular weight excluding hydrogens is 118 g/mol. The SMILES string of the molecule is N=NNCC(N)CCN. The minimum atomic E-state index is 0.0177. The third-order valence-electron chi connectivity index (χ3n) is 0.970. The molecule has 5 heteroatoms. The van der Waals surface area contributed by atoms with E-state index in [1.165, 1.54) is 0 Å². The zero-order valence-electron chi connectivity index (χ0n) is 5.30. The van der Waals surface area contributed by atoms with Gasteiger partial charge in [0.15, 0.2) is 0 Å². The molecule has 0 aliphatic rings. The highest BCUT2D eigenvalue weighted by Crippen LogP contribution is 1.80.